The van der Waals surface area contributed by atoms with Gasteiger partial charge in [-0.05, 0) is 19.4 Å². The van der Waals surface area contributed by atoms with Gasteiger partial charge < -0.3 is 5.32 Å². The molecule has 1 heterocycles. The zero-order valence-electron chi connectivity index (χ0n) is 9.77. The van der Waals surface area contributed by atoms with Crippen molar-refractivity contribution in [2.24, 2.45) is 0 Å². The SMILES string of the molecule is [C-]#[N+]c1ccc(-c2csc(NC(C)C)n2)cc1. The number of rotatable bonds is 3. The number of aromatic nitrogens is 1. The van der Waals surface area contributed by atoms with Crippen LogP contribution in [-0.4, -0.2) is 11.0 Å². The Kier molecular flexibility index (Phi) is 3.40. The van der Waals surface area contributed by atoms with Crippen LogP contribution >= 0.6 is 11.3 Å². The van der Waals surface area contributed by atoms with Crippen molar-refractivity contribution in [1.29, 1.82) is 0 Å². The second-order valence-electron chi connectivity index (χ2n) is 4.00. The summed E-state index contributed by atoms with van der Waals surface area (Å²) >= 11 is 1.60. The van der Waals surface area contributed by atoms with Crippen LogP contribution in [0.3, 0.4) is 0 Å². The van der Waals surface area contributed by atoms with Crippen LogP contribution in [-0.2, 0) is 0 Å². The van der Waals surface area contributed by atoms with Gasteiger partial charge in [0.15, 0.2) is 10.8 Å². The first-order valence-corrected chi connectivity index (χ1v) is 6.27. The molecule has 0 saturated heterocycles. The average Bonchev–Trinajstić information content (AvgIpc) is 2.77. The van der Waals surface area contributed by atoms with Gasteiger partial charge in [0, 0.05) is 11.4 Å². The van der Waals surface area contributed by atoms with Gasteiger partial charge in [0.05, 0.1) is 12.3 Å². The van der Waals surface area contributed by atoms with Crippen molar-refractivity contribution in [3.05, 3.63) is 41.1 Å². The Balaban J connectivity index is 2.22. The topological polar surface area (TPSA) is 29.3 Å². The minimum absolute atomic E-state index is 0.387. The Morgan fingerprint density at radius 3 is 2.59 bits per heavy atom. The predicted octanol–water partition coefficient (Wildman–Crippen LogP) is 4.18. The van der Waals surface area contributed by atoms with E-state index < -0.39 is 0 Å². The molecule has 0 saturated carbocycles. The Labute approximate surface area is 105 Å². The fourth-order valence-corrected chi connectivity index (χ4v) is 2.29. The number of hydrogen-bond donors (Lipinski definition) is 1. The first-order valence-electron chi connectivity index (χ1n) is 5.39. The Morgan fingerprint density at radius 1 is 1.29 bits per heavy atom. The molecule has 1 N–H and O–H groups in total. The minimum atomic E-state index is 0.387. The van der Waals surface area contributed by atoms with Crippen LogP contribution in [0.5, 0.6) is 0 Å². The molecule has 1 aromatic heterocycles. The fraction of sp³-hybridized carbons (Fsp3) is 0.231. The standard InChI is InChI=1S/C13H13N3S/c1-9(2)15-13-16-12(8-17-13)10-4-6-11(14-3)7-5-10/h4-9H,1-2H3,(H,15,16). The van der Waals surface area contributed by atoms with Crippen molar-refractivity contribution in [1.82, 2.24) is 4.98 Å². The maximum atomic E-state index is 6.90. The molecule has 0 radical (unpaired) electrons. The van der Waals surface area contributed by atoms with Crippen LogP contribution in [0.2, 0.25) is 0 Å². The van der Waals surface area contributed by atoms with E-state index in [-0.39, 0.29) is 0 Å². The second kappa shape index (κ2) is 4.98. The van der Waals surface area contributed by atoms with Crippen molar-refractivity contribution >= 4 is 22.2 Å². The second-order valence-corrected chi connectivity index (χ2v) is 4.85. The highest BCUT2D eigenvalue weighted by atomic mass is 32.1. The van der Waals surface area contributed by atoms with Crippen LogP contribution in [0.1, 0.15) is 13.8 Å². The zero-order valence-corrected chi connectivity index (χ0v) is 10.6. The normalized spacial score (nSPS) is 10.2. The molecule has 86 valence electrons. The lowest BCUT2D eigenvalue weighted by Crippen LogP contribution is -2.08. The maximum Gasteiger partial charge on any atom is 0.187 e. The third-order valence-electron chi connectivity index (χ3n) is 2.21. The number of nitrogens with zero attached hydrogens (tertiary/aromatic N) is 2. The summed E-state index contributed by atoms with van der Waals surface area (Å²) in [6.45, 7) is 11.1. The molecular weight excluding hydrogens is 230 g/mol. The summed E-state index contributed by atoms with van der Waals surface area (Å²) < 4.78 is 0. The van der Waals surface area contributed by atoms with Crippen LogP contribution < -0.4 is 5.32 Å². The Morgan fingerprint density at radius 2 is 2.00 bits per heavy atom. The van der Waals surface area contributed by atoms with Crippen molar-refractivity contribution in [3.8, 4) is 11.3 Å². The van der Waals surface area contributed by atoms with Gasteiger partial charge in [-0.3, -0.25) is 0 Å². The molecule has 0 atom stereocenters. The molecule has 0 spiro atoms. The highest BCUT2D eigenvalue weighted by Crippen LogP contribution is 2.26. The summed E-state index contributed by atoms with van der Waals surface area (Å²) in [7, 11) is 0. The summed E-state index contributed by atoms with van der Waals surface area (Å²) in [6, 6.07) is 7.89. The van der Waals surface area contributed by atoms with E-state index in [1.807, 2.05) is 29.6 Å². The molecule has 0 unspecified atom stereocenters. The van der Waals surface area contributed by atoms with E-state index in [2.05, 4.69) is 29.0 Å². The quantitative estimate of drug-likeness (QED) is 0.819. The molecule has 0 amide bonds. The molecule has 0 aliphatic carbocycles. The number of anilines is 1. The molecule has 17 heavy (non-hydrogen) atoms. The summed E-state index contributed by atoms with van der Waals surface area (Å²) in [6.07, 6.45) is 0. The molecular formula is C13H13N3S. The van der Waals surface area contributed by atoms with E-state index in [1.54, 1.807) is 11.3 Å². The molecule has 0 fully saturated rings. The van der Waals surface area contributed by atoms with Gasteiger partial charge in [0.2, 0.25) is 0 Å². The molecule has 2 rings (SSSR count). The largest absolute Gasteiger partial charge is 0.359 e. The van der Waals surface area contributed by atoms with Crippen LogP contribution in [0, 0.1) is 6.57 Å². The van der Waals surface area contributed by atoms with Gasteiger partial charge in [-0.15, -0.1) is 11.3 Å². The van der Waals surface area contributed by atoms with E-state index in [0.29, 0.717) is 11.7 Å². The highest BCUT2D eigenvalue weighted by molar-refractivity contribution is 7.14. The van der Waals surface area contributed by atoms with E-state index >= 15 is 0 Å². The summed E-state index contributed by atoms with van der Waals surface area (Å²) in [5, 5.41) is 6.24. The predicted molar refractivity (Wildman–Crippen MR) is 72.6 cm³/mol. The molecule has 0 aliphatic heterocycles. The van der Waals surface area contributed by atoms with Crippen LogP contribution in [0.15, 0.2) is 29.6 Å². The van der Waals surface area contributed by atoms with E-state index in [1.165, 1.54) is 0 Å². The van der Waals surface area contributed by atoms with Crippen molar-refractivity contribution in [3.63, 3.8) is 0 Å². The minimum Gasteiger partial charge on any atom is -0.359 e. The van der Waals surface area contributed by atoms with E-state index in [9.17, 15) is 0 Å². The smallest absolute Gasteiger partial charge is 0.187 e. The number of nitrogens with one attached hydrogen (secondary N) is 1. The maximum absolute atomic E-state index is 6.90. The number of thiazole rings is 1. The van der Waals surface area contributed by atoms with Gasteiger partial charge >= 0.3 is 0 Å². The molecule has 4 heteroatoms. The molecule has 2 aromatic rings. The first-order chi connectivity index (χ1) is 8.19. The van der Waals surface area contributed by atoms with Crippen LogP contribution in [0.25, 0.3) is 16.1 Å². The zero-order chi connectivity index (χ0) is 12.3. The fourth-order valence-electron chi connectivity index (χ4n) is 1.43. The molecule has 0 aliphatic rings. The molecule has 0 bridgehead atoms. The number of hydrogen-bond acceptors (Lipinski definition) is 3. The summed E-state index contributed by atoms with van der Waals surface area (Å²) in [4.78, 5) is 7.88. The van der Waals surface area contributed by atoms with Crippen molar-refractivity contribution < 1.29 is 0 Å². The Hall–Kier alpha value is -1.86. The first kappa shape index (κ1) is 11.6. The van der Waals surface area contributed by atoms with Gasteiger partial charge in [0.1, 0.15) is 0 Å². The lowest BCUT2D eigenvalue weighted by molar-refractivity contribution is 0.897. The molecule has 1 aromatic carbocycles. The summed E-state index contributed by atoms with van der Waals surface area (Å²) in [5.74, 6) is 0. The van der Waals surface area contributed by atoms with E-state index in [0.717, 1.165) is 16.4 Å². The average molecular weight is 243 g/mol. The lowest BCUT2D eigenvalue weighted by Gasteiger charge is -2.04. The Bertz CT molecular complexity index is 535. The van der Waals surface area contributed by atoms with Gasteiger partial charge in [-0.2, -0.15) is 0 Å². The van der Waals surface area contributed by atoms with Gasteiger partial charge in [-0.1, -0.05) is 24.3 Å². The summed E-state index contributed by atoms with van der Waals surface area (Å²) in [5.41, 5.74) is 2.66. The third kappa shape index (κ3) is 2.83. The van der Waals surface area contributed by atoms with E-state index in [4.69, 9.17) is 6.57 Å². The monoisotopic (exact) mass is 243 g/mol. The van der Waals surface area contributed by atoms with Crippen molar-refractivity contribution in [2.75, 3.05) is 5.32 Å². The third-order valence-corrected chi connectivity index (χ3v) is 2.98. The highest BCUT2D eigenvalue weighted by Gasteiger charge is 2.05. The van der Waals surface area contributed by atoms with Crippen molar-refractivity contribution in [2.45, 2.75) is 19.9 Å². The lowest BCUT2D eigenvalue weighted by atomic mass is 10.1. The molecule has 3 nitrogen and oxygen atoms in total. The van der Waals surface area contributed by atoms with Gasteiger partial charge in [0.25, 0.3) is 0 Å². The van der Waals surface area contributed by atoms with Crippen LogP contribution in [0.4, 0.5) is 10.8 Å². The van der Waals surface area contributed by atoms with Gasteiger partial charge in [-0.25, -0.2) is 9.83 Å². The number of benzene rings is 1.